The van der Waals surface area contributed by atoms with Crippen molar-refractivity contribution < 1.29 is 9.90 Å². The molecule has 0 atom stereocenters. The summed E-state index contributed by atoms with van der Waals surface area (Å²) in [5.41, 5.74) is 0.328. The first kappa shape index (κ1) is 12.9. The van der Waals surface area contributed by atoms with Crippen molar-refractivity contribution in [2.24, 2.45) is 0 Å². The maximum atomic E-state index is 10.7. The Kier molecular flexibility index (Phi) is 4.00. The minimum atomic E-state index is -1.02. The van der Waals surface area contributed by atoms with Gasteiger partial charge in [-0.2, -0.15) is 5.26 Å². The highest BCUT2D eigenvalue weighted by Gasteiger charge is 2.08. The topological polar surface area (TPSA) is 112 Å². The molecule has 0 saturated carbocycles. The number of carboxylic acid groups (broad SMARTS) is 1. The first-order chi connectivity index (χ1) is 9.19. The predicted molar refractivity (Wildman–Crippen MR) is 68.0 cm³/mol. The van der Waals surface area contributed by atoms with Crippen LogP contribution in [0.1, 0.15) is 21.2 Å². The smallest absolute Gasteiger partial charge is 0.355 e. The molecule has 0 fully saturated rings. The number of thiazole rings is 1. The van der Waals surface area contributed by atoms with Crippen molar-refractivity contribution in [3.05, 3.63) is 34.2 Å². The van der Waals surface area contributed by atoms with Gasteiger partial charge in [-0.15, -0.1) is 11.3 Å². The van der Waals surface area contributed by atoms with E-state index >= 15 is 0 Å². The van der Waals surface area contributed by atoms with Gasteiger partial charge in [-0.1, -0.05) is 0 Å². The third-order valence-electron chi connectivity index (χ3n) is 2.18. The number of aromatic nitrogens is 3. The lowest BCUT2D eigenvalue weighted by atomic mass is 10.4. The lowest BCUT2D eigenvalue weighted by Crippen LogP contribution is -2.07. The fraction of sp³-hybridized carbons (Fsp3) is 0.182. The molecule has 0 spiro atoms. The Hall–Kier alpha value is -2.53. The molecular formula is C11H9N5O2S. The number of hydrogen-bond donors (Lipinski definition) is 2. The molecule has 0 amide bonds. The van der Waals surface area contributed by atoms with Crippen LogP contribution < -0.4 is 5.32 Å². The molecule has 7 nitrogen and oxygen atoms in total. The summed E-state index contributed by atoms with van der Waals surface area (Å²) >= 11 is 1.31. The van der Waals surface area contributed by atoms with E-state index in [9.17, 15) is 4.79 Å². The molecule has 0 aromatic carbocycles. The van der Waals surface area contributed by atoms with Crippen molar-refractivity contribution in [2.45, 2.75) is 6.42 Å². The van der Waals surface area contributed by atoms with Crippen molar-refractivity contribution in [1.82, 2.24) is 15.0 Å². The van der Waals surface area contributed by atoms with Crippen LogP contribution in [0.15, 0.2) is 17.8 Å². The molecular weight excluding hydrogens is 266 g/mol. The molecule has 0 aliphatic rings. The summed E-state index contributed by atoms with van der Waals surface area (Å²) in [5, 5.41) is 22.6. The second-order valence-electron chi connectivity index (χ2n) is 3.51. The van der Waals surface area contributed by atoms with Gasteiger partial charge in [-0.05, 0) is 0 Å². The van der Waals surface area contributed by atoms with Gasteiger partial charge in [0.25, 0.3) is 0 Å². The minimum absolute atomic E-state index is 0.0677. The van der Waals surface area contributed by atoms with E-state index in [0.717, 1.165) is 5.01 Å². The fourth-order valence-electron chi connectivity index (χ4n) is 1.30. The number of nitrogens with one attached hydrogen (secondary N) is 1. The largest absolute Gasteiger partial charge is 0.476 e. The third kappa shape index (κ3) is 3.46. The summed E-state index contributed by atoms with van der Waals surface area (Å²) in [5.74, 6) is -0.456. The Labute approximate surface area is 112 Å². The lowest BCUT2D eigenvalue weighted by Gasteiger charge is -2.02. The monoisotopic (exact) mass is 275 g/mol. The molecule has 2 N–H and O–H groups in total. The molecule has 0 aliphatic heterocycles. The van der Waals surface area contributed by atoms with Crippen molar-refractivity contribution in [2.75, 3.05) is 11.9 Å². The van der Waals surface area contributed by atoms with E-state index in [0.29, 0.717) is 18.8 Å². The van der Waals surface area contributed by atoms with Crippen LogP contribution in [-0.2, 0) is 6.42 Å². The SMILES string of the molecule is N#Cc1cnc(NCCc2nc(C(=O)O)cs2)cn1. The molecule has 2 aromatic heterocycles. The van der Waals surface area contributed by atoms with Crippen LogP contribution in [0, 0.1) is 11.3 Å². The van der Waals surface area contributed by atoms with Crippen LogP contribution in [0.5, 0.6) is 0 Å². The Bertz CT molecular complexity index is 617. The van der Waals surface area contributed by atoms with Crippen LogP contribution in [-0.4, -0.2) is 32.6 Å². The summed E-state index contributed by atoms with van der Waals surface area (Å²) in [6.45, 7) is 0.563. The zero-order chi connectivity index (χ0) is 13.7. The normalized spacial score (nSPS) is 9.84. The van der Waals surface area contributed by atoms with E-state index in [1.54, 1.807) is 0 Å². The molecule has 96 valence electrons. The van der Waals surface area contributed by atoms with Crippen molar-refractivity contribution in [3.63, 3.8) is 0 Å². The molecule has 19 heavy (non-hydrogen) atoms. The lowest BCUT2D eigenvalue weighted by molar-refractivity contribution is 0.0691. The second kappa shape index (κ2) is 5.88. The average molecular weight is 275 g/mol. The van der Waals surface area contributed by atoms with Crippen LogP contribution in [0.3, 0.4) is 0 Å². The van der Waals surface area contributed by atoms with Gasteiger partial charge in [0.1, 0.15) is 11.9 Å². The molecule has 0 radical (unpaired) electrons. The van der Waals surface area contributed by atoms with Gasteiger partial charge in [0, 0.05) is 18.3 Å². The number of nitriles is 1. The van der Waals surface area contributed by atoms with Gasteiger partial charge in [0.05, 0.1) is 17.4 Å². The van der Waals surface area contributed by atoms with Crippen molar-refractivity contribution in [1.29, 1.82) is 5.26 Å². The van der Waals surface area contributed by atoms with Crippen LogP contribution in [0.25, 0.3) is 0 Å². The van der Waals surface area contributed by atoms with Gasteiger partial charge in [0.2, 0.25) is 0 Å². The molecule has 0 saturated heterocycles. The minimum Gasteiger partial charge on any atom is -0.476 e. The Morgan fingerprint density at radius 3 is 2.89 bits per heavy atom. The summed E-state index contributed by atoms with van der Waals surface area (Å²) in [6.07, 6.45) is 3.46. The van der Waals surface area contributed by atoms with Gasteiger partial charge < -0.3 is 10.4 Å². The number of anilines is 1. The molecule has 2 aromatic rings. The average Bonchev–Trinajstić information content (AvgIpc) is 2.89. The first-order valence-corrected chi connectivity index (χ1v) is 6.20. The fourth-order valence-corrected chi connectivity index (χ4v) is 2.07. The highest BCUT2D eigenvalue weighted by Crippen LogP contribution is 2.10. The predicted octanol–water partition coefficient (Wildman–Crippen LogP) is 1.16. The van der Waals surface area contributed by atoms with Gasteiger partial charge in [0.15, 0.2) is 11.4 Å². The first-order valence-electron chi connectivity index (χ1n) is 5.33. The van der Waals surface area contributed by atoms with Crippen LogP contribution in [0.2, 0.25) is 0 Å². The quantitative estimate of drug-likeness (QED) is 0.841. The molecule has 8 heteroatoms. The van der Waals surface area contributed by atoms with Crippen LogP contribution in [0.4, 0.5) is 5.82 Å². The second-order valence-corrected chi connectivity index (χ2v) is 4.45. The number of carboxylic acids is 1. The Balaban J connectivity index is 1.85. The van der Waals surface area contributed by atoms with Gasteiger partial charge in [-0.3, -0.25) is 0 Å². The standard InChI is InChI=1S/C11H9N5O2S/c12-3-7-4-15-9(5-14-7)13-2-1-10-16-8(6-19-10)11(17)18/h4-6H,1-2H2,(H,13,15)(H,17,18). The number of hydrogen-bond acceptors (Lipinski definition) is 7. The number of rotatable bonds is 5. The van der Waals surface area contributed by atoms with Gasteiger partial charge >= 0.3 is 5.97 Å². The van der Waals surface area contributed by atoms with E-state index in [4.69, 9.17) is 10.4 Å². The summed E-state index contributed by atoms with van der Waals surface area (Å²) in [6, 6.07) is 1.88. The molecule has 2 heterocycles. The van der Waals surface area contributed by atoms with E-state index < -0.39 is 5.97 Å². The van der Waals surface area contributed by atoms with E-state index in [-0.39, 0.29) is 11.4 Å². The highest BCUT2D eigenvalue weighted by molar-refractivity contribution is 7.09. The number of aromatic carboxylic acids is 1. The molecule has 2 rings (SSSR count). The zero-order valence-corrected chi connectivity index (χ0v) is 10.5. The van der Waals surface area contributed by atoms with Crippen molar-refractivity contribution in [3.8, 4) is 6.07 Å². The zero-order valence-electron chi connectivity index (χ0n) is 9.70. The summed E-state index contributed by atoms with van der Waals surface area (Å²) in [4.78, 5) is 22.5. The van der Waals surface area contributed by atoms with Crippen molar-refractivity contribution >= 4 is 23.1 Å². The Morgan fingerprint density at radius 2 is 2.32 bits per heavy atom. The molecule has 0 unspecified atom stereocenters. The molecule has 0 aliphatic carbocycles. The maximum Gasteiger partial charge on any atom is 0.355 e. The Morgan fingerprint density at radius 1 is 1.47 bits per heavy atom. The number of nitrogens with zero attached hydrogens (tertiary/aromatic N) is 4. The van der Waals surface area contributed by atoms with E-state index in [1.165, 1.54) is 29.1 Å². The van der Waals surface area contributed by atoms with E-state index in [2.05, 4.69) is 20.3 Å². The number of carbonyl (C=O) groups is 1. The summed E-state index contributed by atoms with van der Waals surface area (Å²) in [7, 11) is 0. The highest BCUT2D eigenvalue weighted by atomic mass is 32.1. The third-order valence-corrected chi connectivity index (χ3v) is 3.09. The van der Waals surface area contributed by atoms with Crippen LogP contribution >= 0.6 is 11.3 Å². The molecule has 0 bridgehead atoms. The van der Waals surface area contributed by atoms with Gasteiger partial charge in [-0.25, -0.2) is 19.7 Å². The summed E-state index contributed by atoms with van der Waals surface area (Å²) < 4.78 is 0. The maximum absolute atomic E-state index is 10.7. The van der Waals surface area contributed by atoms with E-state index in [1.807, 2.05) is 6.07 Å².